The normalized spacial score (nSPS) is 32.9. The fourth-order valence-electron chi connectivity index (χ4n) is 6.16. The van der Waals surface area contributed by atoms with E-state index in [4.69, 9.17) is 0 Å². The Bertz CT molecular complexity index is 892. The van der Waals surface area contributed by atoms with Crippen LogP contribution in [0.2, 0.25) is 0 Å². The third-order valence-corrected chi connectivity index (χ3v) is 7.62. The van der Waals surface area contributed by atoms with Gasteiger partial charge in [-0.3, -0.25) is 15.2 Å². The van der Waals surface area contributed by atoms with Crippen LogP contribution in [0.25, 0.3) is 0 Å². The quantitative estimate of drug-likeness (QED) is 0.677. The Kier molecular flexibility index (Phi) is 6.53. The summed E-state index contributed by atoms with van der Waals surface area (Å²) in [7, 11) is 2.18. The number of hydrogen-bond donors (Lipinski definition) is 3. The monoisotopic (exact) mass is 433 g/mol. The van der Waals surface area contributed by atoms with Crippen LogP contribution in [0.1, 0.15) is 42.9 Å². The first-order chi connectivity index (χ1) is 15.7. The number of hydrogen-bond acceptors (Lipinski definition) is 5. The van der Waals surface area contributed by atoms with Gasteiger partial charge in [0, 0.05) is 43.5 Å². The Balaban J connectivity index is 1.19. The largest absolute Gasteiger partial charge is 0.352 e. The summed E-state index contributed by atoms with van der Waals surface area (Å²) in [6.45, 7) is 2.04. The van der Waals surface area contributed by atoms with Gasteiger partial charge in [0.15, 0.2) is 0 Å². The second kappa shape index (κ2) is 9.69. The van der Waals surface area contributed by atoms with Crippen molar-refractivity contribution in [1.82, 2.24) is 26.1 Å². The highest BCUT2D eigenvalue weighted by Gasteiger charge is 2.43. The molecule has 6 atom stereocenters. The van der Waals surface area contributed by atoms with E-state index < -0.39 is 0 Å². The summed E-state index contributed by atoms with van der Waals surface area (Å²) < 4.78 is 0. The molecular weight excluding hydrogens is 398 g/mol. The molecule has 1 aliphatic carbocycles. The molecule has 5 rings (SSSR count). The van der Waals surface area contributed by atoms with Crippen LogP contribution in [0, 0.1) is 17.8 Å². The molecule has 1 aromatic carbocycles. The highest BCUT2D eigenvalue weighted by Crippen LogP contribution is 2.40. The van der Waals surface area contributed by atoms with E-state index in [0.717, 1.165) is 45.2 Å². The molecule has 2 aromatic rings. The van der Waals surface area contributed by atoms with Gasteiger partial charge < -0.3 is 10.2 Å². The lowest BCUT2D eigenvalue weighted by molar-refractivity contribution is -0.127. The molecule has 3 N–H and O–H groups in total. The number of benzene rings is 1. The molecule has 0 bridgehead atoms. The Morgan fingerprint density at radius 2 is 1.88 bits per heavy atom. The molecule has 1 aromatic heterocycles. The number of likely N-dealkylation sites (tertiary alicyclic amines) is 1. The second-order valence-electron chi connectivity index (χ2n) is 10.0. The molecule has 1 amide bonds. The van der Waals surface area contributed by atoms with Crippen molar-refractivity contribution in [3.63, 3.8) is 0 Å². The summed E-state index contributed by atoms with van der Waals surface area (Å²) in [5.41, 5.74) is 9.59. The summed E-state index contributed by atoms with van der Waals surface area (Å²) in [6.07, 6.45) is 8.77. The van der Waals surface area contributed by atoms with Crippen molar-refractivity contribution < 1.29 is 4.79 Å². The van der Waals surface area contributed by atoms with Crippen molar-refractivity contribution >= 4 is 5.91 Å². The van der Waals surface area contributed by atoms with Crippen LogP contribution in [-0.2, 0) is 11.2 Å². The van der Waals surface area contributed by atoms with Gasteiger partial charge >= 0.3 is 0 Å². The second-order valence-corrected chi connectivity index (χ2v) is 10.0. The van der Waals surface area contributed by atoms with E-state index in [-0.39, 0.29) is 23.9 Å². The van der Waals surface area contributed by atoms with Gasteiger partial charge in [-0.1, -0.05) is 30.3 Å². The van der Waals surface area contributed by atoms with Gasteiger partial charge in [-0.2, -0.15) is 0 Å². The van der Waals surface area contributed by atoms with Crippen LogP contribution in [-0.4, -0.2) is 48.0 Å². The van der Waals surface area contributed by atoms with Gasteiger partial charge in [-0.05, 0) is 74.2 Å². The van der Waals surface area contributed by atoms with Crippen molar-refractivity contribution in [2.75, 3.05) is 20.1 Å². The van der Waals surface area contributed by atoms with Gasteiger partial charge in [0.25, 0.3) is 0 Å². The van der Waals surface area contributed by atoms with Crippen molar-refractivity contribution in [3.05, 3.63) is 66.0 Å². The number of nitrogens with zero attached hydrogens (tertiary/aromatic N) is 2. The van der Waals surface area contributed by atoms with Crippen molar-refractivity contribution in [3.8, 4) is 0 Å². The molecule has 3 aliphatic rings. The molecule has 6 nitrogen and oxygen atoms in total. The van der Waals surface area contributed by atoms with E-state index in [1.807, 2.05) is 12.4 Å². The summed E-state index contributed by atoms with van der Waals surface area (Å²) >= 11 is 0. The molecule has 6 unspecified atom stereocenters. The third-order valence-electron chi connectivity index (χ3n) is 7.62. The minimum Gasteiger partial charge on any atom is -0.352 e. The SMILES string of the molecule is CN1CC(Cc2ccccc2)CC(NC(=O)C2CCC3NNC(c4ccncc4)C3C2)C1. The van der Waals surface area contributed by atoms with Crippen molar-refractivity contribution in [2.24, 2.45) is 17.8 Å². The van der Waals surface area contributed by atoms with Gasteiger partial charge in [0.2, 0.25) is 5.91 Å². The first kappa shape index (κ1) is 21.6. The topological polar surface area (TPSA) is 69.3 Å². The minimum absolute atomic E-state index is 0.0992. The Morgan fingerprint density at radius 1 is 1.06 bits per heavy atom. The number of carbonyl (C=O) groups excluding carboxylic acids is 1. The van der Waals surface area contributed by atoms with E-state index in [0.29, 0.717) is 17.9 Å². The van der Waals surface area contributed by atoms with Gasteiger partial charge in [-0.15, -0.1) is 0 Å². The first-order valence-corrected chi connectivity index (χ1v) is 12.1. The number of likely N-dealkylation sites (N-methyl/N-ethyl adjacent to an activating group) is 1. The number of piperidine rings is 1. The van der Waals surface area contributed by atoms with Gasteiger partial charge in [0.1, 0.15) is 0 Å². The Morgan fingerprint density at radius 3 is 2.69 bits per heavy atom. The summed E-state index contributed by atoms with van der Waals surface area (Å²) in [4.78, 5) is 19.8. The Hall–Kier alpha value is -2.28. The van der Waals surface area contributed by atoms with E-state index in [2.05, 4.69) is 75.6 Å². The highest BCUT2D eigenvalue weighted by atomic mass is 16.2. The van der Waals surface area contributed by atoms with Crippen LogP contribution in [0.4, 0.5) is 0 Å². The van der Waals surface area contributed by atoms with Crippen LogP contribution in [0.5, 0.6) is 0 Å². The molecule has 6 heteroatoms. The van der Waals surface area contributed by atoms with E-state index in [9.17, 15) is 4.79 Å². The number of fused-ring (bicyclic) bond motifs is 1. The maximum atomic E-state index is 13.3. The molecule has 3 fully saturated rings. The number of rotatable bonds is 5. The zero-order valence-corrected chi connectivity index (χ0v) is 18.9. The maximum Gasteiger partial charge on any atom is 0.223 e. The Labute approximate surface area is 191 Å². The number of pyridine rings is 1. The molecule has 170 valence electrons. The molecule has 3 heterocycles. The summed E-state index contributed by atoms with van der Waals surface area (Å²) in [5, 5.41) is 3.44. The molecule has 2 saturated heterocycles. The van der Waals surface area contributed by atoms with E-state index in [1.54, 1.807) is 0 Å². The van der Waals surface area contributed by atoms with Gasteiger partial charge in [0.05, 0.1) is 6.04 Å². The van der Waals surface area contributed by atoms with E-state index >= 15 is 0 Å². The fourth-order valence-corrected chi connectivity index (χ4v) is 6.16. The smallest absolute Gasteiger partial charge is 0.223 e. The predicted molar refractivity (Wildman–Crippen MR) is 126 cm³/mol. The van der Waals surface area contributed by atoms with Crippen LogP contribution in [0.3, 0.4) is 0 Å². The molecular formula is C26H35N5O. The molecule has 32 heavy (non-hydrogen) atoms. The number of amides is 1. The molecule has 0 spiro atoms. The van der Waals surface area contributed by atoms with Crippen LogP contribution in [0.15, 0.2) is 54.9 Å². The lowest BCUT2D eigenvalue weighted by Crippen LogP contribution is -2.52. The van der Waals surface area contributed by atoms with Crippen molar-refractivity contribution in [2.45, 2.75) is 50.2 Å². The van der Waals surface area contributed by atoms with Crippen molar-refractivity contribution in [1.29, 1.82) is 0 Å². The maximum absolute atomic E-state index is 13.3. The number of carbonyl (C=O) groups is 1. The summed E-state index contributed by atoms with van der Waals surface area (Å²) in [6, 6.07) is 15.8. The third kappa shape index (κ3) is 4.87. The van der Waals surface area contributed by atoms with E-state index in [1.165, 1.54) is 11.1 Å². The fraction of sp³-hybridized carbons (Fsp3) is 0.538. The zero-order valence-electron chi connectivity index (χ0n) is 18.9. The highest BCUT2D eigenvalue weighted by molar-refractivity contribution is 5.79. The predicted octanol–water partition coefficient (Wildman–Crippen LogP) is 2.69. The van der Waals surface area contributed by atoms with Gasteiger partial charge in [-0.25, -0.2) is 5.43 Å². The number of nitrogens with one attached hydrogen (secondary N) is 3. The summed E-state index contributed by atoms with van der Waals surface area (Å²) in [5.74, 6) is 1.36. The molecule has 2 aliphatic heterocycles. The lowest BCUT2D eigenvalue weighted by Gasteiger charge is -2.38. The first-order valence-electron chi connectivity index (χ1n) is 12.1. The van der Waals surface area contributed by atoms with Crippen LogP contribution < -0.4 is 16.2 Å². The average Bonchev–Trinajstić information content (AvgIpc) is 3.23. The average molecular weight is 434 g/mol. The number of aromatic nitrogens is 1. The zero-order chi connectivity index (χ0) is 21.9. The molecule has 0 radical (unpaired) electrons. The van der Waals surface area contributed by atoms with Crippen LogP contribution >= 0.6 is 0 Å². The number of hydrazine groups is 1. The standard InChI is InChI=1S/C26H35N5O/c1-31-16-19(13-18-5-3-2-4-6-18)14-22(17-31)28-26(32)21-7-8-24-23(15-21)25(30-29-24)20-9-11-27-12-10-20/h2-6,9-12,19,21-25,29-30H,7-8,13-17H2,1H3,(H,28,32). The lowest BCUT2D eigenvalue weighted by atomic mass is 9.74. The minimum atomic E-state index is 0.0992. The molecule has 1 saturated carbocycles.